The maximum Gasteiger partial charge on any atom is 0.293 e. The number of carbonyl (C=O) groups excluding carboxylic acids is 2. The summed E-state index contributed by atoms with van der Waals surface area (Å²) in [7, 11) is 0. The van der Waals surface area contributed by atoms with Crippen LogP contribution in [-0.2, 0) is 17.9 Å². The molecule has 6 heteroatoms. The first-order chi connectivity index (χ1) is 15.6. The number of thioether (sulfide) groups is 1. The summed E-state index contributed by atoms with van der Waals surface area (Å²) in [6, 6.07) is 23.8. The van der Waals surface area contributed by atoms with Gasteiger partial charge in [-0.1, -0.05) is 60.7 Å². The molecule has 0 unspecified atom stereocenters. The fourth-order valence-corrected chi connectivity index (χ4v) is 4.68. The molecular weight excluding hydrogens is 423 g/mol. The maximum atomic E-state index is 13.3. The topological polar surface area (TPSA) is 42.3 Å². The van der Waals surface area contributed by atoms with Crippen LogP contribution < -0.4 is 0 Å². The first-order valence-corrected chi connectivity index (χ1v) is 11.0. The molecule has 1 saturated heterocycles. The van der Waals surface area contributed by atoms with Crippen LogP contribution >= 0.6 is 11.8 Å². The van der Waals surface area contributed by atoms with Crippen molar-refractivity contribution in [2.75, 3.05) is 0 Å². The van der Waals surface area contributed by atoms with Gasteiger partial charge in [0.25, 0.3) is 11.1 Å². The first-order valence-electron chi connectivity index (χ1n) is 10.2. The van der Waals surface area contributed by atoms with E-state index in [0.29, 0.717) is 11.4 Å². The monoisotopic (exact) mass is 442 g/mol. The molecule has 158 valence electrons. The number of aromatic nitrogens is 1. The number of imide groups is 1. The third-order valence-corrected chi connectivity index (χ3v) is 6.34. The molecule has 1 aromatic heterocycles. The van der Waals surface area contributed by atoms with Crippen LogP contribution in [0.25, 0.3) is 17.0 Å². The molecule has 3 aromatic carbocycles. The van der Waals surface area contributed by atoms with Crippen molar-refractivity contribution in [2.45, 2.75) is 13.1 Å². The normalized spacial score (nSPS) is 15.3. The van der Waals surface area contributed by atoms with Crippen molar-refractivity contribution in [2.24, 2.45) is 0 Å². The van der Waals surface area contributed by atoms with Crippen molar-refractivity contribution in [1.29, 1.82) is 0 Å². The summed E-state index contributed by atoms with van der Waals surface area (Å²) >= 11 is 0.967. The summed E-state index contributed by atoms with van der Waals surface area (Å²) in [6.07, 6.45) is 3.76. The second-order valence-electron chi connectivity index (χ2n) is 7.61. The number of amides is 2. The Morgan fingerprint density at radius 1 is 0.812 bits per heavy atom. The van der Waals surface area contributed by atoms with Gasteiger partial charge in [0.05, 0.1) is 11.4 Å². The van der Waals surface area contributed by atoms with E-state index in [1.165, 1.54) is 17.0 Å². The van der Waals surface area contributed by atoms with Crippen LogP contribution in [0.15, 0.2) is 90.0 Å². The third-order valence-electron chi connectivity index (χ3n) is 5.43. The van der Waals surface area contributed by atoms with Crippen LogP contribution in [0.3, 0.4) is 0 Å². The molecule has 0 spiro atoms. The van der Waals surface area contributed by atoms with Crippen molar-refractivity contribution in [3.8, 4) is 0 Å². The highest BCUT2D eigenvalue weighted by Crippen LogP contribution is 2.35. The fourth-order valence-electron chi connectivity index (χ4n) is 3.85. The molecule has 0 saturated carbocycles. The molecule has 0 radical (unpaired) electrons. The molecule has 0 bridgehead atoms. The lowest BCUT2D eigenvalue weighted by molar-refractivity contribution is -0.123. The molecule has 0 aliphatic carbocycles. The Balaban J connectivity index is 1.46. The SMILES string of the molecule is O=C1S/C(=C\c2cn(Cc3ccc(F)cc3)c3ccccc23)C(=O)N1Cc1ccccc1. The van der Waals surface area contributed by atoms with Crippen molar-refractivity contribution >= 4 is 39.9 Å². The predicted octanol–water partition coefficient (Wildman–Crippen LogP) is 6.07. The highest BCUT2D eigenvalue weighted by atomic mass is 32.2. The zero-order chi connectivity index (χ0) is 22.1. The van der Waals surface area contributed by atoms with Crippen LogP contribution in [0, 0.1) is 5.82 Å². The minimum Gasteiger partial charge on any atom is -0.342 e. The van der Waals surface area contributed by atoms with E-state index < -0.39 is 0 Å². The van der Waals surface area contributed by atoms with Gasteiger partial charge in [0.1, 0.15) is 5.82 Å². The number of para-hydroxylation sites is 1. The number of hydrogen-bond donors (Lipinski definition) is 0. The summed E-state index contributed by atoms with van der Waals surface area (Å²) < 4.78 is 15.3. The smallest absolute Gasteiger partial charge is 0.293 e. The van der Waals surface area contributed by atoms with Gasteiger partial charge in [-0.15, -0.1) is 0 Å². The second kappa shape index (κ2) is 8.48. The number of rotatable bonds is 5. The first kappa shape index (κ1) is 20.3. The number of fused-ring (bicyclic) bond motifs is 1. The van der Waals surface area contributed by atoms with Gasteiger partial charge >= 0.3 is 0 Å². The van der Waals surface area contributed by atoms with Crippen molar-refractivity contribution in [3.05, 3.63) is 112 Å². The Hall–Kier alpha value is -3.64. The summed E-state index contributed by atoms with van der Waals surface area (Å²) in [5.41, 5.74) is 3.76. The van der Waals surface area contributed by atoms with Gasteiger partial charge in [-0.3, -0.25) is 14.5 Å². The standard InChI is InChI=1S/C26H19FN2O2S/c27-21-12-10-19(11-13-21)15-28-17-20(22-8-4-5-9-23(22)28)14-24-25(30)29(26(31)32-24)16-18-6-2-1-3-7-18/h1-14,17H,15-16H2/b24-14-. The van der Waals surface area contributed by atoms with Gasteiger partial charge in [-0.25, -0.2) is 4.39 Å². The van der Waals surface area contributed by atoms with E-state index in [1.807, 2.05) is 60.8 Å². The molecule has 1 fully saturated rings. The van der Waals surface area contributed by atoms with Gasteiger partial charge in [-0.05, 0) is 47.2 Å². The Morgan fingerprint density at radius 2 is 1.50 bits per heavy atom. The summed E-state index contributed by atoms with van der Waals surface area (Å²) in [5.74, 6) is -0.544. The molecule has 4 aromatic rings. The highest BCUT2D eigenvalue weighted by molar-refractivity contribution is 8.18. The lowest BCUT2D eigenvalue weighted by Gasteiger charge is -2.12. The molecule has 1 aliphatic rings. The second-order valence-corrected chi connectivity index (χ2v) is 8.60. The average molecular weight is 443 g/mol. The Bertz CT molecular complexity index is 1340. The lowest BCUT2D eigenvalue weighted by Crippen LogP contribution is -2.27. The van der Waals surface area contributed by atoms with Crippen molar-refractivity contribution in [3.63, 3.8) is 0 Å². The molecule has 2 amide bonds. The molecule has 1 aliphatic heterocycles. The average Bonchev–Trinajstić information content (AvgIpc) is 3.28. The van der Waals surface area contributed by atoms with Crippen molar-refractivity contribution < 1.29 is 14.0 Å². The number of hydrogen-bond acceptors (Lipinski definition) is 3. The summed E-state index contributed by atoms with van der Waals surface area (Å²) in [5, 5.41) is 0.727. The van der Waals surface area contributed by atoms with Crippen molar-refractivity contribution in [1.82, 2.24) is 9.47 Å². The highest BCUT2D eigenvalue weighted by Gasteiger charge is 2.35. The van der Waals surface area contributed by atoms with E-state index in [9.17, 15) is 14.0 Å². The van der Waals surface area contributed by atoms with E-state index in [0.717, 1.165) is 39.4 Å². The molecule has 0 N–H and O–H groups in total. The third kappa shape index (κ3) is 3.97. The zero-order valence-corrected chi connectivity index (χ0v) is 17.9. The van der Waals surface area contributed by atoms with Crippen LogP contribution in [0.4, 0.5) is 9.18 Å². The van der Waals surface area contributed by atoms with Gasteiger partial charge in [0.15, 0.2) is 0 Å². The molecule has 0 atom stereocenters. The molecule has 32 heavy (non-hydrogen) atoms. The van der Waals surface area contributed by atoms with Crippen LogP contribution in [-0.4, -0.2) is 20.6 Å². The Morgan fingerprint density at radius 3 is 2.28 bits per heavy atom. The largest absolute Gasteiger partial charge is 0.342 e. The predicted molar refractivity (Wildman–Crippen MR) is 125 cm³/mol. The minimum atomic E-state index is -0.279. The van der Waals surface area contributed by atoms with E-state index in [-0.39, 0.29) is 23.5 Å². The van der Waals surface area contributed by atoms with E-state index in [4.69, 9.17) is 0 Å². The lowest BCUT2D eigenvalue weighted by atomic mass is 10.1. The Labute approximate surface area is 189 Å². The van der Waals surface area contributed by atoms with Crippen LogP contribution in [0.1, 0.15) is 16.7 Å². The number of nitrogens with zero attached hydrogens (tertiary/aromatic N) is 2. The summed E-state index contributed by atoms with van der Waals surface area (Å²) in [4.78, 5) is 27.2. The Kier molecular flexibility index (Phi) is 5.37. The van der Waals surface area contributed by atoms with Gasteiger partial charge in [0.2, 0.25) is 0 Å². The van der Waals surface area contributed by atoms with E-state index in [1.54, 1.807) is 18.2 Å². The minimum absolute atomic E-state index is 0.259. The number of halogens is 1. The summed E-state index contributed by atoms with van der Waals surface area (Å²) in [6.45, 7) is 0.833. The molecule has 5 rings (SSSR count). The maximum absolute atomic E-state index is 13.3. The van der Waals surface area contributed by atoms with Crippen LogP contribution in [0.2, 0.25) is 0 Å². The van der Waals surface area contributed by atoms with E-state index >= 15 is 0 Å². The molecule has 2 heterocycles. The van der Waals surface area contributed by atoms with E-state index in [2.05, 4.69) is 4.57 Å². The fraction of sp³-hybridized carbons (Fsp3) is 0.0769. The van der Waals surface area contributed by atoms with Crippen LogP contribution in [0.5, 0.6) is 0 Å². The number of carbonyl (C=O) groups is 2. The number of benzene rings is 3. The quantitative estimate of drug-likeness (QED) is 0.353. The molecule has 4 nitrogen and oxygen atoms in total. The zero-order valence-electron chi connectivity index (χ0n) is 17.1. The van der Waals surface area contributed by atoms with Gasteiger partial charge in [-0.2, -0.15) is 0 Å². The van der Waals surface area contributed by atoms with Gasteiger partial charge in [0, 0.05) is 29.2 Å². The molecular formula is C26H19FN2O2S. The van der Waals surface area contributed by atoms with Gasteiger partial charge < -0.3 is 4.57 Å².